The van der Waals surface area contributed by atoms with Crippen LogP contribution in [0.25, 0.3) is 0 Å². The van der Waals surface area contributed by atoms with Crippen molar-refractivity contribution in [1.29, 1.82) is 0 Å². The summed E-state index contributed by atoms with van der Waals surface area (Å²) in [6.07, 6.45) is 1.54. The Morgan fingerprint density at radius 1 is 1.53 bits per heavy atom. The minimum absolute atomic E-state index is 0.122. The van der Waals surface area contributed by atoms with E-state index in [1.165, 1.54) is 0 Å². The van der Waals surface area contributed by atoms with Gasteiger partial charge in [-0.15, -0.1) is 10.2 Å². The van der Waals surface area contributed by atoms with Crippen LogP contribution < -0.4 is 11.1 Å². The molecule has 0 aromatic carbocycles. The van der Waals surface area contributed by atoms with E-state index in [9.17, 15) is 4.79 Å². The predicted octanol–water partition coefficient (Wildman–Crippen LogP) is 1.31. The molecule has 2 heterocycles. The van der Waals surface area contributed by atoms with E-state index in [1.807, 2.05) is 0 Å². The average Bonchev–Trinajstić information content (AvgIpc) is 2.87. The Morgan fingerprint density at radius 3 is 3.05 bits per heavy atom. The van der Waals surface area contributed by atoms with Gasteiger partial charge in [0.1, 0.15) is 0 Å². The number of carbonyl (C=O) groups excluding carboxylic acids is 1. The molecule has 0 fully saturated rings. The number of anilines is 1. The number of hydrogen-bond donors (Lipinski definition) is 2. The third-order valence-corrected chi connectivity index (χ3v) is 3.10. The van der Waals surface area contributed by atoms with Gasteiger partial charge in [-0.05, 0) is 12.1 Å². The smallest absolute Gasteiger partial charge is 0.277 e. The zero-order valence-electron chi connectivity index (χ0n) is 9.67. The molecule has 0 radical (unpaired) electrons. The highest BCUT2D eigenvalue weighted by Gasteiger charge is 2.10. The molecule has 0 aliphatic rings. The molecular weight excluding hydrogens is 290 g/mol. The molecule has 9 heteroatoms. The zero-order valence-corrected chi connectivity index (χ0v) is 11.2. The van der Waals surface area contributed by atoms with Crippen molar-refractivity contribution in [3.63, 3.8) is 0 Å². The lowest BCUT2D eigenvalue weighted by Gasteiger charge is -2.04. The molecule has 0 bridgehead atoms. The van der Waals surface area contributed by atoms with Gasteiger partial charge in [0.25, 0.3) is 5.22 Å². The molecule has 2 aromatic heterocycles. The van der Waals surface area contributed by atoms with Crippen LogP contribution in [0.5, 0.6) is 0 Å². The minimum atomic E-state index is -0.243. The molecule has 7 nitrogen and oxygen atoms in total. The second-order valence-corrected chi connectivity index (χ2v) is 4.63. The first-order valence-electron chi connectivity index (χ1n) is 5.24. The summed E-state index contributed by atoms with van der Waals surface area (Å²) in [6, 6.07) is 3.34. The maximum atomic E-state index is 11.7. The second kappa shape index (κ2) is 6.50. The molecule has 0 spiro atoms. The normalized spacial score (nSPS) is 10.4. The first-order valence-corrected chi connectivity index (χ1v) is 6.61. The zero-order chi connectivity index (χ0) is 13.7. The summed E-state index contributed by atoms with van der Waals surface area (Å²) >= 11 is 6.94. The maximum Gasteiger partial charge on any atom is 0.277 e. The summed E-state index contributed by atoms with van der Waals surface area (Å²) in [5.74, 6) is 0.211. The molecule has 2 aromatic rings. The van der Waals surface area contributed by atoms with E-state index >= 15 is 0 Å². The molecule has 2 rings (SSSR count). The van der Waals surface area contributed by atoms with E-state index in [1.54, 1.807) is 18.3 Å². The van der Waals surface area contributed by atoms with E-state index in [4.69, 9.17) is 21.8 Å². The summed E-state index contributed by atoms with van der Waals surface area (Å²) in [5, 5.41) is 10.6. The first-order chi connectivity index (χ1) is 9.19. The maximum absolute atomic E-state index is 11.7. The van der Waals surface area contributed by atoms with Crippen molar-refractivity contribution >= 4 is 35.0 Å². The molecule has 100 valence electrons. The van der Waals surface area contributed by atoms with Gasteiger partial charge >= 0.3 is 0 Å². The standard InChI is InChI=1S/C10H10ClN5O2S/c11-9-6(2-1-3-13-9)14-7(17)5-19-10-16-15-8(4-12)18-10/h1-3H,4-5,12H2,(H,14,17). The van der Waals surface area contributed by atoms with Crippen LogP contribution in [-0.4, -0.2) is 26.8 Å². The van der Waals surface area contributed by atoms with Gasteiger partial charge in [0.15, 0.2) is 5.15 Å². The Morgan fingerprint density at radius 2 is 2.37 bits per heavy atom. The monoisotopic (exact) mass is 299 g/mol. The highest BCUT2D eigenvalue weighted by molar-refractivity contribution is 7.99. The third kappa shape index (κ3) is 3.91. The Bertz CT molecular complexity index is 577. The number of thioether (sulfide) groups is 1. The molecule has 0 unspecified atom stereocenters. The van der Waals surface area contributed by atoms with Crippen LogP contribution in [-0.2, 0) is 11.3 Å². The SMILES string of the molecule is NCc1nnc(SCC(=O)Nc2cccnc2Cl)o1. The Kier molecular flexibility index (Phi) is 4.72. The number of rotatable bonds is 5. The van der Waals surface area contributed by atoms with E-state index in [2.05, 4.69) is 20.5 Å². The molecule has 0 aliphatic heterocycles. The molecule has 0 aliphatic carbocycles. The summed E-state index contributed by atoms with van der Waals surface area (Å²) in [6.45, 7) is 0.172. The minimum Gasteiger partial charge on any atom is -0.415 e. The van der Waals surface area contributed by atoms with Gasteiger partial charge < -0.3 is 15.5 Å². The topological polar surface area (TPSA) is 107 Å². The average molecular weight is 300 g/mol. The number of nitrogens with one attached hydrogen (secondary N) is 1. The second-order valence-electron chi connectivity index (χ2n) is 3.34. The van der Waals surface area contributed by atoms with Crippen molar-refractivity contribution in [2.75, 3.05) is 11.1 Å². The van der Waals surface area contributed by atoms with Crippen molar-refractivity contribution in [2.45, 2.75) is 11.8 Å². The molecule has 19 heavy (non-hydrogen) atoms. The molecular formula is C10H10ClN5O2S. The quantitative estimate of drug-likeness (QED) is 0.633. The van der Waals surface area contributed by atoms with Gasteiger partial charge in [-0.2, -0.15) is 0 Å². The van der Waals surface area contributed by atoms with E-state index in [-0.39, 0.29) is 23.4 Å². The highest BCUT2D eigenvalue weighted by Crippen LogP contribution is 2.19. The van der Waals surface area contributed by atoms with Crippen LogP contribution in [0.1, 0.15) is 5.89 Å². The van der Waals surface area contributed by atoms with Crippen LogP contribution in [0.4, 0.5) is 5.69 Å². The number of hydrogen-bond acceptors (Lipinski definition) is 7. The summed E-state index contributed by atoms with van der Waals surface area (Å²) in [5.41, 5.74) is 5.79. The van der Waals surface area contributed by atoms with Gasteiger partial charge in [-0.3, -0.25) is 4.79 Å². The molecule has 0 saturated heterocycles. The van der Waals surface area contributed by atoms with Gasteiger partial charge in [0.05, 0.1) is 18.0 Å². The van der Waals surface area contributed by atoms with Crippen molar-refractivity contribution in [1.82, 2.24) is 15.2 Å². The fraction of sp³-hybridized carbons (Fsp3) is 0.200. The van der Waals surface area contributed by atoms with E-state index in [0.29, 0.717) is 16.8 Å². The fourth-order valence-corrected chi connectivity index (χ4v) is 1.92. The fourth-order valence-electron chi connectivity index (χ4n) is 1.17. The molecule has 0 atom stereocenters. The largest absolute Gasteiger partial charge is 0.415 e. The lowest BCUT2D eigenvalue weighted by atomic mass is 10.4. The molecule has 1 amide bonds. The van der Waals surface area contributed by atoms with Crippen LogP contribution >= 0.6 is 23.4 Å². The number of nitrogens with zero attached hydrogens (tertiary/aromatic N) is 3. The predicted molar refractivity (Wildman–Crippen MR) is 70.8 cm³/mol. The van der Waals surface area contributed by atoms with Crippen LogP contribution in [0.2, 0.25) is 5.15 Å². The summed E-state index contributed by atoms with van der Waals surface area (Å²) in [7, 11) is 0. The molecule has 0 saturated carbocycles. The van der Waals surface area contributed by atoms with Crippen LogP contribution in [0.3, 0.4) is 0 Å². The lowest BCUT2D eigenvalue weighted by molar-refractivity contribution is -0.113. The van der Waals surface area contributed by atoms with Crippen LogP contribution in [0, 0.1) is 0 Å². The number of carbonyl (C=O) groups is 1. The van der Waals surface area contributed by atoms with Crippen molar-refractivity contribution in [3.05, 3.63) is 29.4 Å². The number of halogens is 1. The number of nitrogens with two attached hydrogens (primary N) is 1. The number of aromatic nitrogens is 3. The van der Waals surface area contributed by atoms with E-state index < -0.39 is 0 Å². The Balaban J connectivity index is 1.86. The Labute approximate surface area is 117 Å². The third-order valence-electron chi connectivity index (χ3n) is 1.98. The Hall–Kier alpha value is -1.64. The first kappa shape index (κ1) is 13.8. The van der Waals surface area contributed by atoms with Gasteiger partial charge in [0, 0.05) is 6.20 Å². The van der Waals surface area contributed by atoms with E-state index in [0.717, 1.165) is 11.8 Å². The molecule has 3 N–H and O–H groups in total. The summed E-state index contributed by atoms with van der Waals surface area (Å²) in [4.78, 5) is 15.5. The highest BCUT2D eigenvalue weighted by atomic mass is 35.5. The van der Waals surface area contributed by atoms with Gasteiger partial charge in [-0.1, -0.05) is 23.4 Å². The number of pyridine rings is 1. The van der Waals surface area contributed by atoms with Gasteiger partial charge in [0.2, 0.25) is 11.8 Å². The lowest BCUT2D eigenvalue weighted by Crippen LogP contribution is -2.14. The number of amides is 1. The summed E-state index contributed by atoms with van der Waals surface area (Å²) < 4.78 is 5.15. The van der Waals surface area contributed by atoms with Crippen molar-refractivity contribution in [3.8, 4) is 0 Å². The van der Waals surface area contributed by atoms with Crippen LogP contribution in [0.15, 0.2) is 28.0 Å². The van der Waals surface area contributed by atoms with Crippen molar-refractivity contribution < 1.29 is 9.21 Å². The van der Waals surface area contributed by atoms with Gasteiger partial charge in [-0.25, -0.2) is 4.98 Å². The van der Waals surface area contributed by atoms with Crippen molar-refractivity contribution in [2.24, 2.45) is 5.73 Å².